The molecular formula is C15H14BrFS. The van der Waals surface area contributed by atoms with Gasteiger partial charge < -0.3 is 0 Å². The van der Waals surface area contributed by atoms with E-state index in [0.29, 0.717) is 0 Å². The molecule has 2 aromatic carbocycles. The molecule has 0 nitrogen and oxygen atoms in total. The van der Waals surface area contributed by atoms with Gasteiger partial charge in [0.05, 0.1) is 0 Å². The van der Waals surface area contributed by atoms with Gasteiger partial charge in [-0.05, 0) is 43.2 Å². The van der Waals surface area contributed by atoms with Crippen LogP contribution in [0.15, 0.2) is 45.8 Å². The van der Waals surface area contributed by atoms with Crippen molar-refractivity contribution < 1.29 is 4.39 Å². The highest BCUT2D eigenvalue weighted by Crippen LogP contribution is 2.30. The van der Waals surface area contributed by atoms with Gasteiger partial charge in [-0.15, -0.1) is 11.8 Å². The molecule has 2 aromatic rings. The fourth-order valence-electron chi connectivity index (χ4n) is 1.66. The van der Waals surface area contributed by atoms with Crippen molar-refractivity contribution in [3.8, 4) is 0 Å². The second kappa shape index (κ2) is 5.89. The van der Waals surface area contributed by atoms with Gasteiger partial charge in [-0.3, -0.25) is 0 Å². The summed E-state index contributed by atoms with van der Waals surface area (Å²) in [6.45, 7) is 4.21. The number of rotatable bonds is 3. The summed E-state index contributed by atoms with van der Waals surface area (Å²) in [6.07, 6.45) is 0. The molecule has 0 aliphatic carbocycles. The van der Waals surface area contributed by atoms with Gasteiger partial charge in [-0.2, -0.15) is 0 Å². The number of hydrogen-bond acceptors (Lipinski definition) is 1. The predicted octanol–water partition coefficient (Wildman–Crippen LogP) is 5.50. The molecular weight excluding hydrogens is 311 g/mol. The van der Waals surface area contributed by atoms with Crippen LogP contribution in [0.25, 0.3) is 0 Å². The smallest absolute Gasteiger partial charge is 0.124 e. The first-order valence-corrected chi connectivity index (χ1v) is 7.48. The van der Waals surface area contributed by atoms with Gasteiger partial charge in [-0.25, -0.2) is 4.39 Å². The Kier molecular flexibility index (Phi) is 4.46. The average molecular weight is 325 g/mol. The van der Waals surface area contributed by atoms with Gasteiger partial charge >= 0.3 is 0 Å². The first-order valence-electron chi connectivity index (χ1n) is 5.70. The minimum Gasteiger partial charge on any atom is -0.207 e. The molecule has 0 saturated heterocycles. The standard InChI is InChI=1S/C15H14BrFS/c1-10-3-4-11(2)15(7-10)18-9-12-5-6-13(17)8-14(12)16/h3-8H,9H2,1-2H3. The maximum Gasteiger partial charge on any atom is 0.124 e. The lowest BCUT2D eigenvalue weighted by Gasteiger charge is -2.08. The van der Waals surface area contributed by atoms with Crippen molar-refractivity contribution in [1.82, 2.24) is 0 Å². The van der Waals surface area contributed by atoms with Gasteiger partial charge in [0.1, 0.15) is 5.82 Å². The van der Waals surface area contributed by atoms with Crippen molar-refractivity contribution >= 4 is 27.7 Å². The molecule has 0 radical (unpaired) electrons. The Bertz CT molecular complexity index is 566. The molecule has 0 unspecified atom stereocenters. The zero-order chi connectivity index (χ0) is 13.1. The summed E-state index contributed by atoms with van der Waals surface area (Å²) in [5.74, 6) is 0.632. The number of hydrogen-bond donors (Lipinski definition) is 0. The van der Waals surface area contributed by atoms with Crippen LogP contribution in [0.5, 0.6) is 0 Å². The average Bonchev–Trinajstić information content (AvgIpc) is 2.32. The molecule has 3 heteroatoms. The van der Waals surface area contributed by atoms with Crippen LogP contribution in [-0.2, 0) is 5.75 Å². The van der Waals surface area contributed by atoms with E-state index >= 15 is 0 Å². The van der Waals surface area contributed by atoms with Crippen molar-refractivity contribution in [2.75, 3.05) is 0 Å². The van der Waals surface area contributed by atoms with E-state index in [0.717, 1.165) is 15.8 Å². The van der Waals surface area contributed by atoms with E-state index in [-0.39, 0.29) is 5.82 Å². The van der Waals surface area contributed by atoms with E-state index in [2.05, 4.69) is 48.0 Å². The summed E-state index contributed by atoms with van der Waals surface area (Å²) in [5, 5.41) is 0. The first-order chi connectivity index (χ1) is 8.56. The molecule has 0 amide bonds. The summed E-state index contributed by atoms with van der Waals surface area (Å²) < 4.78 is 13.8. The van der Waals surface area contributed by atoms with Crippen molar-refractivity contribution in [3.05, 3.63) is 63.4 Å². The molecule has 0 fully saturated rings. The van der Waals surface area contributed by atoms with Crippen LogP contribution in [0.4, 0.5) is 4.39 Å². The van der Waals surface area contributed by atoms with E-state index in [1.165, 1.54) is 28.2 Å². The zero-order valence-corrected chi connectivity index (χ0v) is 12.7. The van der Waals surface area contributed by atoms with Crippen molar-refractivity contribution in [2.24, 2.45) is 0 Å². The number of benzene rings is 2. The summed E-state index contributed by atoms with van der Waals surface area (Å²) in [4.78, 5) is 1.28. The Morgan fingerprint density at radius 1 is 1.11 bits per heavy atom. The first kappa shape index (κ1) is 13.6. The second-order valence-electron chi connectivity index (χ2n) is 4.29. The Morgan fingerprint density at radius 3 is 2.61 bits per heavy atom. The molecule has 94 valence electrons. The maximum atomic E-state index is 13.0. The van der Waals surface area contributed by atoms with E-state index in [4.69, 9.17) is 0 Å². The lowest BCUT2D eigenvalue weighted by atomic mass is 10.2. The molecule has 18 heavy (non-hydrogen) atoms. The van der Waals surface area contributed by atoms with Crippen LogP contribution in [0, 0.1) is 19.7 Å². The predicted molar refractivity (Wildman–Crippen MR) is 79.6 cm³/mol. The topological polar surface area (TPSA) is 0 Å². The lowest BCUT2D eigenvalue weighted by Crippen LogP contribution is -1.87. The van der Waals surface area contributed by atoms with E-state index in [1.807, 2.05) is 6.07 Å². The number of halogens is 2. The summed E-state index contributed by atoms with van der Waals surface area (Å²) in [7, 11) is 0. The molecule has 2 rings (SSSR count). The van der Waals surface area contributed by atoms with Gasteiger partial charge in [-0.1, -0.05) is 39.7 Å². The van der Waals surface area contributed by atoms with Gasteiger partial charge in [0.15, 0.2) is 0 Å². The van der Waals surface area contributed by atoms with Crippen LogP contribution >= 0.6 is 27.7 Å². The molecule has 0 saturated carbocycles. The van der Waals surface area contributed by atoms with Crippen LogP contribution in [-0.4, -0.2) is 0 Å². The third kappa shape index (κ3) is 3.36. The van der Waals surface area contributed by atoms with Crippen LogP contribution in [0.1, 0.15) is 16.7 Å². The fourth-order valence-corrected chi connectivity index (χ4v) is 3.46. The van der Waals surface area contributed by atoms with E-state index < -0.39 is 0 Å². The Balaban J connectivity index is 2.13. The molecule has 0 atom stereocenters. The highest BCUT2D eigenvalue weighted by atomic mass is 79.9. The summed E-state index contributed by atoms with van der Waals surface area (Å²) in [6, 6.07) is 11.3. The zero-order valence-electron chi connectivity index (χ0n) is 10.3. The molecule has 0 aromatic heterocycles. The quantitative estimate of drug-likeness (QED) is 0.672. The van der Waals surface area contributed by atoms with E-state index in [1.54, 1.807) is 11.8 Å². The Morgan fingerprint density at radius 2 is 1.89 bits per heavy atom. The van der Waals surface area contributed by atoms with Crippen LogP contribution < -0.4 is 0 Å². The highest BCUT2D eigenvalue weighted by Gasteiger charge is 2.04. The normalized spacial score (nSPS) is 10.7. The molecule has 0 N–H and O–H groups in total. The monoisotopic (exact) mass is 324 g/mol. The van der Waals surface area contributed by atoms with Crippen molar-refractivity contribution in [2.45, 2.75) is 24.5 Å². The van der Waals surface area contributed by atoms with Crippen molar-refractivity contribution in [3.63, 3.8) is 0 Å². The lowest BCUT2D eigenvalue weighted by molar-refractivity contribution is 0.626. The Hall–Kier alpha value is -0.800. The summed E-state index contributed by atoms with van der Waals surface area (Å²) >= 11 is 5.18. The molecule has 0 aliphatic rings. The molecule has 0 heterocycles. The second-order valence-corrected chi connectivity index (χ2v) is 6.16. The van der Waals surface area contributed by atoms with Gasteiger partial charge in [0.2, 0.25) is 0 Å². The molecule has 0 aliphatic heterocycles. The Labute approximate surface area is 120 Å². The number of thioether (sulfide) groups is 1. The van der Waals surface area contributed by atoms with Gasteiger partial charge in [0.25, 0.3) is 0 Å². The molecule has 0 bridgehead atoms. The van der Waals surface area contributed by atoms with E-state index in [9.17, 15) is 4.39 Å². The third-order valence-electron chi connectivity index (χ3n) is 2.74. The minimum atomic E-state index is -0.206. The minimum absolute atomic E-state index is 0.206. The van der Waals surface area contributed by atoms with Crippen LogP contribution in [0.3, 0.4) is 0 Å². The largest absolute Gasteiger partial charge is 0.207 e. The summed E-state index contributed by atoms with van der Waals surface area (Å²) in [5.41, 5.74) is 3.66. The van der Waals surface area contributed by atoms with Crippen molar-refractivity contribution in [1.29, 1.82) is 0 Å². The molecule has 0 spiro atoms. The maximum absolute atomic E-state index is 13.0. The third-order valence-corrected chi connectivity index (χ3v) is 4.69. The van der Waals surface area contributed by atoms with Crippen LogP contribution in [0.2, 0.25) is 0 Å². The highest BCUT2D eigenvalue weighted by molar-refractivity contribution is 9.10. The SMILES string of the molecule is Cc1ccc(C)c(SCc2ccc(F)cc2Br)c1. The number of aryl methyl sites for hydroxylation is 2. The van der Waals surface area contributed by atoms with Gasteiger partial charge in [0, 0.05) is 15.1 Å². The fraction of sp³-hybridized carbons (Fsp3) is 0.200.